The van der Waals surface area contributed by atoms with Gasteiger partial charge in [-0.3, -0.25) is 0 Å². The molecule has 1 saturated heterocycles. The van der Waals surface area contributed by atoms with Crippen LogP contribution < -0.4 is 4.90 Å². The fraction of sp³-hybridized carbons (Fsp3) is 0.211. The number of nitrogens with one attached hydrogen (secondary N) is 2. The third-order valence-electron chi connectivity index (χ3n) is 4.55. The van der Waals surface area contributed by atoms with Gasteiger partial charge in [-0.25, -0.2) is 4.78 Å². The van der Waals surface area contributed by atoms with E-state index in [4.69, 9.17) is 13.7 Å². The van der Waals surface area contributed by atoms with Gasteiger partial charge in [-0.2, -0.15) is 9.47 Å². The van der Waals surface area contributed by atoms with E-state index < -0.39 is 5.60 Å². The summed E-state index contributed by atoms with van der Waals surface area (Å²) >= 11 is -0.250. The van der Waals surface area contributed by atoms with E-state index in [0.717, 1.165) is 22.5 Å². The number of nitriles is 1. The number of nitrogens with zero attached hydrogens (tertiary/aromatic N) is 2. The highest BCUT2D eigenvalue weighted by Crippen LogP contribution is 2.37. The van der Waals surface area contributed by atoms with Crippen LogP contribution in [0.5, 0.6) is 0 Å². The zero-order valence-corrected chi connectivity index (χ0v) is 15.0. The van der Waals surface area contributed by atoms with Crippen molar-refractivity contribution in [3.8, 4) is 17.3 Å². The molecule has 26 heavy (non-hydrogen) atoms. The van der Waals surface area contributed by atoms with Gasteiger partial charge in [-0.15, -0.1) is 0 Å². The molecule has 2 aromatic carbocycles. The molecule has 132 valence electrons. The van der Waals surface area contributed by atoms with Crippen LogP contribution >= 0.6 is 0 Å². The van der Waals surface area contributed by atoms with Gasteiger partial charge in [0.1, 0.15) is 6.07 Å². The molecule has 4 rings (SSSR count). The molecule has 0 atom stereocenters. The summed E-state index contributed by atoms with van der Waals surface area (Å²) in [6.45, 7) is 1.19. The fourth-order valence-electron chi connectivity index (χ4n) is 3.18. The molecular weight excluding hydrogens is 348 g/mol. The Balaban J connectivity index is 0.000000613. The van der Waals surface area contributed by atoms with Crippen molar-refractivity contribution >= 4 is 28.1 Å². The maximum Gasteiger partial charge on any atom is 0.196 e. The average Bonchev–Trinajstić information content (AvgIpc) is 3.07. The molecule has 7 heteroatoms. The highest BCUT2D eigenvalue weighted by atomic mass is 32.1. The first kappa shape index (κ1) is 17.9. The third kappa shape index (κ3) is 3.25. The van der Waals surface area contributed by atoms with E-state index in [9.17, 15) is 5.26 Å². The Labute approximate surface area is 155 Å². The molecule has 1 fully saturated rings. The lowest BCUT2D eigenvalue weighted by Crippen LogP contribution is -2.62. The highest BCUT2D eigenvalue weighted by molar-refractivity contribution is 7.53. The lowest BCUT2D eigenvalue weighted by atomic mass is 9.93. The number of anilines is 1. The van der Waals surface area contributed by atoms with E-state index in [2.05, 4.69) is 46.3 Å². The molecule has 1 aliphatic rings. The molecule has 0 saturated carbocycles. The number of hydrogen-bond donors (Lipinski definition) is 2. The number of aromatic nitrogens is 1. The highest BCUT2D eigenvalue weighted by Gasteiger charge is 2.44. The Hall–Kier alpha value is -2.95. The molecule has 0 radical (unpaired) electrons. The average molecular weight is 366 g/mol. The van der Waals surface area contributed by atoms with Crippen molar-refractivity contribution in [2.75, 3.05) is 25.1 Å². The largest absolute Gasteiger partial charge is 0.363 e. The summed E-state index contributed by atoms with van der Waals surface area (Å²) in [5, 5.41) is 10.5. The predicted molar refractivity (Wildman–Crippen MR) is 102 cm³/mol. The summed E-state index contributed by atoms with van der Waals surface area (Å²) in [7, 11) is 1.60. The molecular formula is C19H18N4O2S. The van der Waals surface area contributed by atoms with Gasteiger partial charge in [0, 0.05) is 35.0 Å². The first-order chi connectivity index (χ1) is 12.7. The van der Waals surface area contributed by atoms with Gasteiger partial charge in [0.2, 0.25) is 0 Å². The molecule has 0 bridgehead atoms. The predicted octanol–water partition coefficient (Wildman–Crippen LogP) is 3.53. The van der Waals surface area contributed by atoms with E-state index >= 15 is 0 Å². The van der Waals surface area contributed by atoms with Crippen molar-refractivity contribution in [3.63, 3.8) is 0 Å². The summed E-state index contributed by atoms with van der Waals surface area (Å²) in [5.41, 5.74) is 3.82. The maximum absolute atomic E-state index is 9.27. The van der Waals surface area contributed by atoms with Gasteiger partial charge < -0.3 is 14.6 Å². The van der Waals surface area contributed by atoms with E-state index in [1.165, 1.54) is 5.39 Å². The molecule has 3 aromatic rings. The van der Waals surface area contributed by atoms with Gasteiger partial charge in [-0.05, 0) is 18.2 Å². The van der Waals surface area contributed by atoms with Gasteiger partial charge in [0.15, 0.2) is 17.1 Å². The number of aromatic amines is 1. The molecule has 1 aliphatic heterocycles. The summed E-state index contributed by atoms with van der Waals surface area (Å²) in [6, 6.07) is 21.0. The quantitative estimate of drug-likeness (QED) is 0.742. The Kier molecular flexibility index (Phi) is 5.16. The zero-order chi connectivity index (χ0) is 18.6. The van der Waals surface area contributed by atoms with E-state index in [0.29, 0.717) is 13.1 Å². The smallest absolute Gasteiger partial charge is 0.196 e. The van der Waals surface area contributed by atoms with Crippen molar-refractivity contribution in [1.29, 1.82) is 10.0 Å². The van der Waals surface area contributed by atoms with E-state index in [-0.39, 0.29) is 11.5 Å². The second kappa shape index (κ2) is 7.52. The molecule has 2 N–H and O–H groups in total. The molecule has 0 amide bonds. The Morgan fingerprint density at radius 2 is 1.88 bits per heavy atom. The second-order valence-corrected chi connectivity index (χ2v) is 6.20. The SMILES string of the molecule is COC1(C#N)CN(c2ccccc2-c2cc3ccccc3[nH]2)C1.N=S=O. The van der Waals surface area contributed by atoms with Crippen LogP contribution in [0.3, 0.4) is 0 Å². The van der Waals surface area contributed by atoms with Gasteiger partial charge in [-0.1, -0.05) is 36.4 Å². The number of H-pyrrole nitrogens is 1. The maximum atomic E-state index is 9.27. The van der Waals surface area contributed by atoms with Crippen molar-refractivity contribution in [2.45, 2.75) is 5.60 Å². The van der Waals surface area contributed by atoms with Gasteiger partial charge in [0.25, 0.3) is 0 Å². The number of ether oxygens (including phenoxy) is 1. The van der Waals surface area contributed by atoms with Crippen LogP contribution in [0.2, 0.25) is 0 Å². The lowest BCUT2D eigenvalue weighted by Gasteiger charge is -2.46. The molecule has 0 aliphatic carbocycles. The summed E-state index contributed by atoms with van der Waals surface area (Å²) < 4.78 is 19.4. The normalized spacial score (nSPS) is 14.7. The number of hydrogen-bond acceptors (Lipinski definition) is 5. The van der Waals surface area contributed by atoms with Crippen LogP contribution in [-0.2, 0) is 16.2 Å². The number of methoxy groups -OCH3 is 1. The van der Waals surface area contributed by atoms with Gasteiger partial charge in [0.05, 0.1) is 13.1 Å². The summed E-state index contributed by atoms with van der Waals surface area (Å²) in [4.78, 5) is 5.67. The Morgan fingerprint density at radius 3 is 2.54 bits per heavy atom. The fourth-order valence-corrected chi connectivity index (χ4v) is 3.18. The first-order valence-electron chi connectivity index (χ1n) is 8.00. The molecule has 1 aromatic heterocycles. The standard InChI is InChI=1S/C19H17N3O.HNOS/c1-23-19(11-20)12-22(13-19)18-9-5-3-7-15(18)17-10-14-6-2-4-8-16(14)21-17;1-3-2/h2-10,21H,12-13H2,1H3;1H. The first-order valence-corrected chi connectivity index (χ1v) is 8.74. The van der Waals surface area contributed by atoms with Crippen molar-refractivity contribution in [2.24, 2.45) is 0 Å². The van der Waals surface area contributed by atoms with Crippen molar-refractivity contribution in [1.82, 2.24) is 4.98 Å². The third-order valence-corrected chi connectivity index (χ3v) is 4.55. The zero-order valence-electron chi connectivity index (χ0n) is 14.2. The van der Waals surface area contributed by atoms with Crippen LogP contribution in [0.15, 0.2) is 54.6 Å². The summed E-state index contributed by atoms with van der Waals surface area (Å²) in [5.74, 6) is 0. The van der Waals surface area contributed by atoms with Crippen molar-refractivity contribution < 1.29 is 8.95 Å². The van der Waals surface area contributed by atoms with Crippen LogP contribution in [0, 0.1) is 16.1 Å². The molecule has 2 heterocycles. The topological polar surface area (TPSA) is 93.0 Å². The van der Waals surface area contributed by atoms with E-state index in [1.54, 1.807) is 7.11 Å². The molecule has 6 nitrogen and oxygen atoms in total. The van der Waals surface area contributed by atoms with Crippen LogP contribution in [0.4, 0.5) is 5.69 Å². The van der Waals surface area contributed by atoms with Crippen LogP contribution in [0.25, 0.3) is 22.2 Å². The number of para-hydroxylation sites is 2. The second-order valence-electron chi connectivity index (χ2n) is 6.04. The number of fused-ring (bicyclic) bond motifs is 1. The minimum Gasteiger partial charge on any atom is -0.363 e. The number of benzene rings is 2. The molecule has 0 spiro atoms. The Morgan fingerprint density at radius 1 is 1.23 bits per heavy atom. The van der Waals surface area contributed by atoms with Crippen LogP contribution in [-0.4, -0.2) is 35.0 Å². The minimum absolute atomic E-state index is 0.250. The van der Waals surface area contributed by atoms with Crippen molar-refractivity contribution in [3.05, 3.63) is 54.6 Å². The lowest BCUT2D eigenvalue weighted by molar-refractivity contribution is 0.0156. The Bertz CT molecular complexity index is 963. The molecule has 0 unspecified atom stereocenters. The monoisotopic (exact) mass is 366 g/mol. The summed E-state index contributed by atoms with van der Waals surface area (Å²) in [6.07, 6.45) is 0. The van der Waals surface area contributed by atoms with E-state index in [1.807, 2.05) is 24.3 Å². The minimum atomic E-state index is -0.673. The number of rotatable bonds is 3. The van der Waals surface area contributed by atoms with Crippen LogP contribution in [0.1, 0.15) is 0 Å². The van der Waals surface area contributed by atoms with Gasteiger partial charge >= 0.3 is 0 Å².